The number of para-hydroxylation sites is 1. The van der Waals surface area contributed by atoms with E-state index in [1.807, 2.05) is 54.9 Å². The van der Waals surface area contributed by atoms with Crippen LogP contribution < -0.4 is 4.90 Å². The molecule has 0 saturated heterocycles. The normalized spacial score (nSPS) is 10.3. The fraction of sp³-hybridized carbons (Fsp3) is 0.286. The van der Waals surface area contributed by atoms with Crippen LogP contribution in [0.2, 0.25) is 0 Å². The molecular weight excluding hydrogens is 304 g/mol. The molecule has 1 aromatic heterocycles. The van der Waals surface area contributed by atoms with Crippen molar-refractivity contribution in [3.63, 3.8) is 0 Å². The smallest absolute Gasteiger partial charge is 0.135 e. The van der Waals surface area contributed by atoms with E-state index in [0.717, 1.165) is 28.1 Å². The van der Waals surface area contributed by atoms with E-state index in [9.17, 15) is 5.26 Å². The molecule has 2 aromatic rings. The van der Waals surface area contributed by atoms with Gasteiger partial charge in [0.15, 0.2) is 0 Å². The zero-order valence-corrected chi connectivity index (χ0v) is 12.8. The highest BCUT2D eigenvalue weighted by molar-refractivity contribution is 9.08. The van der Waals surface area contributed by atoms with Gasteiger partial charge >= 0.3 is 0 Å². The van der Waals surface area contributed by atoms with Gasteiger partial charge in [0.1, 0.15) is 11.9 Å². The Kier molecular flexibility index (Phi) is 3.91. The number of halogens is 1. The number of aryl methyl sites for hydroxylation is 2. The largest absolute Gasteiger partial charge is 0.328 e. The van der Waals surface area contributed by atoms with Crippen LogP contribution in [0.3, 0.4) is 0 Å². The van der Waals surface area contributed by atoms with Crippen molar-refractivity contribution in [2.75, 3.05) is 11.9 Å². The zero-order chi connectivity index (χ0) is 14.0. The predicted octanol–water partition coefficient (Wildman–Crippen LogP) is 3.26. The van der Waals surface area contributed by atoms with Crippen LogP contribution in [0.1, 0.15) is 16.8 Å². The van der Waals surface area contributed by atoms with Crippen LogP contribution in [0, 0.1) is 18.3 Å². The Morgan fingerprint density at radius 1 is 1.42 bits per heavy atom. The van der Waals surface area contributed by atoms with Gasteiger partial charge in [0.2, 0.25) is 0 Å². The number of nitriles is 1. The summed E-state index contributed by atoms with van der Waals surface area (Å²) in [6.07, 6.45) is 0. The Bertz CT molecular complexity index is 639. The summed E-state index contributed by atoms with van der Waals surface area (Å²) in [6.45, 7) is 1.99. The van der Waals surface area contributed by atoms with Gasteiger partial charge in [-0.2, -0.15) is 10.4 Å². The number of anilines is 2. The fourth-order valence-electron chi connectivity index (χ4n) is 2.24. The van der Waals surface area contributed by atoms with Gasteiger partial charge < -0.3 is 4.90 Å². The number of benzene rings is 1. The molecule has 0 atom stereocenters. The van der Waals surface area contributed by atoms with Crippen molar-refractivity contribution >= 4 is 27.4 Å². The average molecular weight is 319 g/mol. The Morgan fingerprint density at radius 3 is 2.74 bits per heavy atom. The Morgan fingerprint density at radius 2 is 2.11 bits per heavy atom. The van der Waals surface area contributed by atoms with Crippen LogP contribution >= 0.6 is 15.9 Å². The van der Waals surface area contributed by atoms with E-state index in [0.29, 0.717) is 5.56 Å². The molecular formula is C14H15BrN4. The molecule has 0 fully saturated rings. The van der Waals surface area contributed by atoms with Crippen LogP contribution in [0.5, 0.6) is 0 Å². The van der Waals surface area contributed by atoms with E-state index in [-0.39, 0.29) is 0 Å². The summed E-state index contributed by atoms with van der Waals surface area (Å²) < 4.78 is 1.85. The molecule has 0 N–H and O–H groups in total. The molecule has 0 saturated carbocycles. The minimum atomic E-state index is 0.657. The maximum atomic E-state index is 9.21. The van der Waals surface area contributed by atoms with Gasteiger partial charge in [0, 0.05) is 25.0 Å². The third-order valence-corrected chi connectivity index (χ3v) is 3.71. The molecule has 0 aliphatic heterocycles. The molecule has 0 aliphatic carbocycles. The number of alkyl halides is 1. The van der Waals surface area contributed by atoms with E-state index >= 15 is 0 Å². The van der Waals surface area contributed by atoms with E-state index < -0.39 is 0 Å². The lowest BCUT2D eigenvalue weighted by Crippen LogP contribution is -2.16. The molecule has 98 valence electrons. The molecule has 0 radical (unpaired) electrons. The first-order chi connectivity index (χ1) is 9.10. The van der Waals surface area contributed by atoms with Gasteiger partial charge in [-0.1, -0.05) is 28.1 Å². The standard InChI is InChI=1S/C14H15BrN4/c1-10-12(8-15)14(19(3)17-10)18(2)13-7-5-4-6-11(13)9-16/h4-7H,8H2,1-3H3. The summed E-state index contributed by atoms with van der Waals surface area (Å²) in [5.41, 5.74) is 3.67. The molecule has 2 rings (SSSR count). The summed E-state index contributed by atoms with van der Waals surface area (Å²) >= 11 is 3.50. The maximum absolute atomic E-state index is 9.21. The van der Waals surface area contributed by atoms with E-state index in [1.165, 1.54) is 0 Å². The van der Waals surface area contributed by atoms with Crippen molar-refractivity contribution < 1.29 is 0 Å². The van der Waals surface area contributed by atoms with Gasteiger partial charge in [-0.25, -0.2) is 0 Å². The average Bonchev–Trinajstić information content (AvgIpc) is 2.71. The minimum absolute atomic E-state index is 0.657. The van der Waals surface area contributed by atoms with Crippen LogP contribution in [0.15, 0.2) is 24.3 Å². The summed E-state index contributed by atoms with van der Waals surface area (Å²) in [5, 5.41) is 14.4. The molecule has 19 heavy (non-hydrogen) atoms. The fourth-order valence-corrected chi connectivity index (χ4v) is 2.90. The second-order valence-corrected chi connectivity index (χ2v) is 4.89. The van der Waals surface area contributed by atoms with Gasteiger partial charge in [0.05, 0.1) is 16.9 Å². The topological polar surface area (TPSA) is 44.9 Å². The highest BCUT2D eigenvalue weighted by Gasteiger charge is 2.18. The predicted molar refractivity (Wildman–Crippen MR) is 79.8 cm³/mol. The van der Waals surface area contributed by atoms with Crippen LogP contribution in [-0.4, -0.2) is 16.8 Å². The molecule has 0 amide bonds. The number of hydrogen-bond acceptors (Lipinski definition) is 3. The number of nitrogens with zero attached hydrogens (tertiary/aromatic N) is 4. The first-order valence-corrected chi connectivity index (χ1v) is 7.03. The Balaban J connectivity index is 2.57. The molecule has 4 nitrogen and oxygen atoms in total. The molecule has 1 aromatic carbocycles. The van der Waals surface area contributed by atoms with Gasteiger partial charge in [-0.3, -0.25) is 4.68 Å². The zero-order valence-electron chi connectivity index (χ0n) is 11.2. The van der Waals surface area contributed by atoms with Crippen molar-refractivity contribution in [2.24, 2.45) is 7.05 Å². The van der Waals surface area contributed by atoms with Gasteiger partial charge in [0.25, 0.3) is 0 Å². The SMILES string of the molecule is Cc1nn(C)c(N(C)c2ccccc2C#N)c1CBr. The van der Waals surface area contributed by atoms with Crippen molar-refractivity contribution in [3.05, 3.63) is 41.1 Å². The Hall–Kier alpha value is -1.80. The summed E-state index contributed by atoms with van der Waals surface area (Å²) in [5.74, 6) is 0.997. The lowest BCUT2D eigenvalue weighted by Gasteiger charge is -2.21. The molecule has 1 heterocycles. The number of hydrogen-bond donors (Lipinski definition) is 0. The first-order valence-electron chi connectivity index (χ1n) is 5.91. The monoisotopic (exact) mass is 318 g/mol. The quantitative estimate of drug-likeness (QED) is 0.816. The van der Waals surface area contributed by atoms with Crippen molar-refractivity contribution in [1.29, 1.82) is 5.26 Å². The molecule has 5 heteroatoms. The summed E-state index contributed by atoms with van der Waals surface area (Å²) in [7, 11) is 3.87. The summed E-state index contributed by atoms with van der Waals surface area (Å²) in [6, 6.07) is 9.80. The number of rotatable bonds is 3. The van der Waals surface area contributed by atoms with E-state index in [1.54, 1.807) is 0 Å². The second kappa shape index (κ2) is 5.45. The van der Waals surface area contributed by atoms with Crippen molar-refractivity contribution in [1.82, 2.24) is 9.78 Å². The Labute approximate surface area is 121 Å². The highest BCUT2D eigenvalue weighted by Crippen LogP contribution is 2.31. The van der Waals surface area contributed by atoms with Crippen LogP contribution in [-0.2, 0) is 12.4 Å². The number of aromatic nitrogens is 2. The van der Waals surface area contributed by atoms with Crippen LogP contribution in [0.25, 0.3) is 0 Å². The third kappa shape index (κ3) is 2.36. The molecule has 0 bridgehead atoms. The molecule has 0 unspecified atom stereocenters. The van der Waals surface area contributed by atoms with Crippen molar-refractivity contribution in [2.45, 2.75) is 12.3 Å². The molecule has 0 aliphatic rings. The maximum Gasteiger partial charge on any atom is 0.135 e. The van der Waals surface area contributed by atoms with Gasteiger partial charge in [-0.05, 0) is 19.1 Å². The third-order valence-electron chi connectivity index (χ3n) is 3.15. The lowest BCUT2D eigenvalue weighted by atomic mass is 10.1. The molecule has 0 spiro atoms. The minimum Gasteiger partial charge on any atom is -0.328 e. The van der Waals surface area contributed by atoms with Crippen molar-refractivity contribution in [3.8, 4) is 6.07 Å². The highest BCUT2D eigenvalue weighted by atomic mass is 79.9. The van der Waals surface area contributed by atoms with E-state index in [2.05, 4.69) is 27.1 Å². The summed E-state index contributed by atoms with van der Waals surface area (Å²) in [4.78, 5) is 2.01. The first kappa shape index (κ1) is 13.6. The van der Waals surface area contributed by atoms with Gasteiger partial charge in [-0.15, -0.1) is 0 Å². The van der Waals surface area contributed by atoms with E-state index in [4.69, 9.17) is 0 Å². The van der Waals surface area contributed by atoms with Crippen LogP contribution in [0.4, 0.5) is 11.5 Å². The lowest BCUT2D eigenvalue weighted by molar-refractivity contribution is 0.750. The second-order valence-electron chi connectivity index (χ2n) is 4.33.